The Morgan fingerprint density at radius 2 is 1.82 bits per heavy atom. The maximum Gasteiger partial charge on any atom is 0.220 e. The van der Waals surface area contributed by atoms with Crippen molar-refractivity contribution in [2.24, 2.45) is 0 Å². The Kier molecular flexibility index (Phi) is 15.8. The van der Waals surface area contributed by atoms with Crippen LogP contribution in [-0.2, 0) is 9.53 Å². The van der Waals surface area contributed by atoms with Crippen molar-refractivity contribution in [1.29, 1.82) is 0 Å². The van der Waals surface area contributed by atoms with Gasteiger partial charge < -0.3 is 25.0 Å². The Labute approximate surface area is 206 Å². The number of nitrogens with zero attached hydrogens (tertiary/aromatic N) is 1. The van der Waals surface area contributed by atoms with Gasteiger partial charge in [0.15, 0.2) is 0 Å². The minimum atomic E-state index is -0.828. The number of benzene rings is 1. The summed E-state index contributed by atoms with van der Waals surface area (Å²) < 4.78 is 10.8. The van der Waals surface area contributed by atoms with Crippen LogP contribution >= 0.6 is 0 Å². The van der Waals surface area contributed by atoms with E-state index in [-0.39, 0.29) is 19.4 Å². The average molecular weight is 481 g/mol. The van der Waals surface area contributed by atoms with Crippen LogP contribution in [0.1, 0.15) is 83.8 Å². The van der Waals surface area contributed by atoms with Crippen LogP contribution in [0.3, 0.4) is 0 Å². The van der Waals surface area contributed by atoms with Crippen LogP contribution in [0.2, 0.25) is 0 Å². The lowest BCUT2D eigenvalue weighted by Crippen LogP contribution is -2.47. The quantitative estimate of drug-likeness (QED) is 0.291. The number of hydrogen-bond donors (Lipinski definition) is 3. The zero-order chi connectivity index (χ0) is 23.9. The number of aliphatic hydroxyl groups is 2. The highest BCUT2D eigenvalue weighted by Crippen LogP contribution is 2.23. The lowest BCUT2D eigenvalue weighted by molar-refractivity contribution is -0.123. The zero-order valence-electron chi connectivity index (χ0n) is 20.5. The van der Waals surface area contributed by atoms with Gasteiger partial charge in [0.1, 0.15) is 11.9 Å². The van der Waals surface area contributed by atoms with E-state index in [0.717, 1.165) is 75.8 Å². The number of carbonyl (C=O) groups is 1. The molecule has 0 spiro atoms. The molecule has 0 bridgehead atoms. The van der Waals surface area contributed by atoms with Crippen LogP contribution in [0, 0.1) is 0 Å². The first-order valence-corrected chi connectivity index (χ1v) is 12.6. The third-order valence-corrected chi connectivity index (χ3v) is 6.17. The van der Waals surface area contributed by atoms with Gasteiger partial charge in [-0.25, -0.2) is 0 Å². The molecule has 1 aromatic carbocycles. The first-order chi connectivity index (χ1) is 16.0. The summed E-state index contributed by atoms with van der Waals surface area (Å²) in [4.78, 5) is 14.7. The summed E-state index contributed by atoms with van der Waals surface area (Å²) in [6, 6.07) is 7.04. The monoisotopic (exact) mass is 480 g/mol. The summed E-state index contributed by atoms with van der Waals surface area (Å²) in [5.41, 5.74) is 0.751. The number of likely N-dealkylation sites (tertiary alicyclic amines) is 1. The predicted octanol–water partition coefficient (Wildman–Crippen LogP) is 4.07. The maximum absolute atomic E-state index is 12.6. The number of carbonyl (C=O) groups excluding carboxylic acids is 1. The van der Waals surface area contributed by atoms with Crippen molar-refractivity contribution >= 4 is 5.91 Å². The van der Waals surface area contributed by atoms with Crippen molar-refractivity contribution in [3.05, 3.63) is 29.8 Å². The van der Waals surface area contributed by atoms with E-state index in [9.17, 15) is 15.0 Å². The van der Waals surface area contributed by atoms with Crippen LogP contribution in [0.5, 0.6) is 5.75 Å². The molecular weight excluding hydrogens is 432 g/mol. The second kappa shape index (κ2) is 17.7. The van der Waals surface area contributed by atoms with E-state index in [2.05, 4.69) is 17.1 Å². The van der Waals surface area contributed by atoms with Gasteiger partial charge in [-0.15, -0.1) is 0 Å². The lowest BCUT2D eigenvalue weighted by atomic mass is 10.0. The molecule has 1 saturated heterocycles. The first-order valence-electron chi connectivity index (χ1n) is 12.6. The molecule has 0 saturated carbocycles. The fraction of sp³-hybridized carbons (Fsp3) is 0.741. The van der Waals surface area contributed by atoms with Crippen molar-refractivity contribution in [3.8, 4) is 5.75 Å². The number of rotatable bonds is 17. The number of methoxy groups -OCH3 is 1. The van der Waals surface area contributed by atoms with E-state index in [1.54, 1.807) is 7.11 Å². The third kappa shape index (κ3) is 11.6. The Morgan fingerprint density at radius 1 is 1.12 bits per heavy atom. The van der Waals surface area contributed by atoms with Gasteiger partial charge in [0.25, 0.3) is 0 Å². The summed E-state index contributed by atoms with van der Waals surface area (Å²) in [6.45, 7) is 5.45. The summed E-state index contributed by atoms with van der Waals surface area (Å²) in [5, 5.41) is 24.0. The fourth-order valence-electron chi connectivity index (χ4n) is 4.15. The van der Waals surface area contributed by atoms with Gasteiger partial charge in [0.05, 0.1) is 18.8 Å². The largest absolute Gasteiger partial charge is 0.494 e. The average Bonchev–Trinajstić information content (AvgIpc) is 3.22. The molecule has 0 aromatic heterocycles. The molecule has 1 heterocycles. The molecule has 196 valence electrons. The molecule has 3 atom stereocenters. The molecule has 1 fully saturated rings. The van der Waals surface area contributed by atoms with Crippen LogP contribution in [0.25, 0.3) is 0 Å². The van der Waals surface area contributed by atoms with Crippen LogP contribution in [0.4, 0.5) is 0 Å². The molecule has 3 N–H and O–H groups in total. The van der Waals surface area contributed by atoms with Crippen LogP contribution < -0.4 is 10.1 Å². The normalized spacial score (nSPS) is 17.7. The van der Waals surface area contributed by atoms with Gasteiger partial charge >= 0.3 is 0 Å². The Balaban J connectivity index is 0.00000578. The minimum absolute atomic E-state index is 0. The van der Waals surface area contributed by atoms with Gasteiger partial charge in [-0.05, 0) is 43.4 Å². The first kappa shape index (κ1) is 30.4. The molecule has 2 rings (SSSR count). The number of nitrogens with one attached hydrogen (secondary N) is 1. The van der Waals surface area contributed by atoms with E-state index in [4.69, 9.17) is 9.47 Å². The fourth-order valence-corrected chi connectivity index (χ4v) is 4.15. The van der Waals surface area contributed by atoms with E-state index >= 15 is 0 Å². The summed E-state index contributed by atoms with van der Waals surface area (Å²) >= 11 is 0. The van der Waals surface area contributed by atoms with Gasteiger partial charge in [-0.3, -0.25) is 9.69 Å². The van der Waals surface area contributed by atoms with Gasteiger partial charge in [-0.2, -0.15) is 0 Å². The van der Waals surface area contributed by atoms with Crippen molar-refractivity contribution in [3.63, 3.8) is 0 Å². The molecule has 0 unspecified atom stereocenters. The molecule has 7 heteroatoms. The number of hydrogen-bond acceptors (Lipinski definition) is 6. The standard InChI is InChI=1S/C26H44N2O5.CH4/c1-3-4-18-33-23-13-11-21(12-14-23)26(31)24(20-28-16-15-22(29)19-28)27-25(30)10-8-6-5-7-9-17-32-2;/h11-14,22,24,26,29,31H,3-10,15-20H2,1-2H3,(H,27,30);1H4/t22-,24+,26+;/m0./s1. The van der Waals surface area contributed by atoms with Crippen molar-refractivity contribution < 1.29 is 24.5 Å². The highest BCUT2D eigenvalue weighted by molar-refractivity contribution is 5.76. The molecule has 1 aliphatic heterocycles. The maximum atomic E-state index is 12.6. The van der Waals surface area contributed by atoms with Crippen LogP contribution in [0.15, 0.2) is 24.3 Å². The second-order valence-electron chi connectivity index (χ2n) is 9.10. The van der Waals surface area contributed by atoms with E-state index < -0.39 is 12.1 Å². The molecule has 0 aliphatic carbocycles. The molecule has 0 radical (unpaired) electrons. The molecule has 7 nitrogen and oxygen atoms in total. The number of amides is 1. The highest BCUT2D eigenvalue weighted by Gasteiger charge is 2.28. The summed E-state index contributed by atoms with van der Waals surface area (Å²) in [5.74, 6) is 0.753. The van der Waals surface area contributed by atoms with E-state index in [0.29, 0.717) is 26.1 Å². The zero-order valence-corrected chi connectivity index (χ0v) is 20.5. The topological polar surface area (TPSA) is 91.3 Å². The van der Waals surface area contributed by atoms with Crippen molar-refractivity contribution in [2.75, 3.05) is 40.0 Å². The SMILES string of the molecule is C.CCCCOc1ccc([C@@H](O)[C@@H](CN2CC[C@H](O)C2)NC(=O)CCCCCCCOC)cc1. The number of β-amino-alcohol motifs (C(OH)–C–C–N with tert-alkyl or cyclic N) is 1. The number of unbranched alkanes of at least 4 members (excludes halogenated alkanes) is 5. The summed E-state index contributed by atoms with van der Waals surface area (Å²) in [7, 11) is 1.72. The highest BCUT2D eigenvalue weighted by atomic mass is 16.5. The molecular formula is C27H48N2O5. The van der Waals surface area contributed by atoms with Gasteiger partial charge in [0, 0.05) is 39.8 Å². The van der Waals surface area contributed by atoms with Crippen molar-refractivity contribution in [1.82, 2.24) is 10.2 Å². The van der Waals surface area contributed by atoms with Crippen molar-refractivity contribution in [2.45, 2.75) is 90.4 Å². The Bertz CT molecular complexity index is 655. The number of ether oxygens (including phenoxy) is 2. The Hall–Kier alpha value is -1.67. The van der Waals surface area contributed by atoms with Gasteiger partial charge in [-0.1, -0.05) is 52.2 Å². The number of aliphatic hydroxyl groups excluding tert-OH is 2. The molecule has 1 aromatic rings. The third-order valence-electron chi connectivity index (χ3n) is 6.17. The Morgan fingerprint density at radius 3 is 2.47 bits per heavy atom. The van der Waals surface area contributed by atoms with Gasteiger partial charge in [0.2, 0.25) is 5.91 Å². The molecule has 1 aliphatic rings. The molecule has 34 heavy (non-hydrogen) atoms. The second-order valence-corrected chi connectivity index (χ2v) is 9.10. The van der Waals surface area contributed by atoms with E-state index in [1.807, 2.05) is 24.3 Å². The predicted molar refractivity (Wildman–Crippen MR) is 137 cm³/mol. The van der Waals surface area contributed by atoms with E-state index in [1.165, 1.54) is 0 Å². The smallest absolute Gasteiger partial charge is 0.220 e. The minimum Gasteiger partial charge on any atom is -0.494 e. The molecule has 1 amide bonds. The summed E-state index contributed by atoms with van der Waals surface area (Å²) in [6.07, 6.45) is 7.24. The van der Waals surface area contributed by atoms with Crippen LogP contribution in [-0.4, -0.2) is 73.1 Å². The lowest BCUT2D eigenvalue weighted by Gasteiger charge is -2.29.